The van der Waals surface area contributed by atoms with Crippen LogP contribution >= 0.6 is 0 Å². The number of nitro groups is 1. The van der Waals surface area contributed by atoms with E-state index in [9.17, 15) is 19.7 Å². The second-order valence-electron chi connectivity index (χ2n) is 6.22. The lowest BCUT2D eigenvalue weighted by Crippen LogP contribution is -2.44. The standard InChI is InChI=1S/C18H24N2O7/c1-4-26-16-10-14(20(23)24)13(9-15(16)25-3)18(22)27-11-17(21)19-8-6-5-7-12(19)2/h9-10,12H,4-8,11H2,1-3H3. The minimum Gasteiger partial charge on any atom is -0.493 e. The molecule has 1 fully saturated rings. The highest BCUT2D eigenvalue weighted by Gasteiger charge is 2.28. The maximum atomic E-state index is 12.4. The van der Waals surface area contributed by atoms with Gasteiger partial charge in [0.2, 0.25) is 0 Å². The molecule has 0 radical (unpaired) electrons. The van der Waals surface area contributed by atoms with E-state index in [1.165, 1.54) is 13.2 Å². The van der Waals surface area contributed by atoms with E-state index < -0.39 is 23.2 Å². The molecule has 0 N–H and O–H groups in total. The summed E-state index contributed by atoms with van der Waals surface area (Å²) in [6.45, 7) is 4.10. The molecule has 27 heavy (non-hydrogen) atoms. The molecule has 148 valence electrons. The van der Waals surface area contributed by atoms with E-state index in [0.29, 0.717) is 6.54 Å². The predicted molar refractivity (Wildman–Crippen MR) is 96.1 cm³/mol. The zero-order valence-corrected chi connectivity index (χ0v) is 15.7. The Morgan fingerprint density at radius 2 is 2.04 bits per heavy atom. The Hall–Kier alpha value is -2.84. The molecule has 1 aliphatic heterocycles. The van der Waals surface area contributed by atoms with E-state index in [4.69, 9.17) is 14.2 Å². The third-order valence-electron chi connectivity index (χ3n) is 4.45. The SMILES string of the molecule is CCOc1cc([N+](=O)[O-])c(C(=O)OCC(=O)N2CCCCC2C)cc1OC. The van der Waals surface area contributed by atoms with Crippen LogP contribution in [0.2, 0.25) is 0 Å². The molecule has 1 amide bonds. The van der Waals surface area contributed by atoms with E-state index in [1.54, 1.807) is 11.8 Å². The van der Waals surface area contributed by atoms with E-state index in [0.717, 1.165) is 25.3 Å². The number of likely N-dealkylation sites (tertiary alicyclic amines) is 1. The highest BCUT2D eigenvalue weighted by molar-refractivity contribution is 5.96. The molecule has 1 aromatic rings. The number of carbonyl (C=O) groups is 2. The zero-order chi connectivity index (χ0) is 20.0. The average Bonchev–Trinajstić information content (AvgIpc) is 2.66. The summed E-state index contributed by atoms with van der Waals surface area (Å²) >= 11 is 0. The lowest BCUT2D eigenvalue weighted by Gasteiger charge is -2.33. The van der Waals surface area contributed by atoms with Crippen molar-refractivity contribution in [1.29, 1.82) is 0 Å². The van der Waals surface area contributed by atoms with Gasteiger partial charge in [0.1, 0.15) is 5.56 Å². The van der Waals surface area contributed by atoms with Crippen LogP contribution in [0.5, 0.6) is 11.5 Å². The Bertz CT molecular complexity index is 720. The molecule has 0 spiro atoms. The number of esters is 1. The molecule has 0 aromatic heterocycles. The predicted octanol–water partition coefficient (Wildman–Crippen LogP) is 2.56. The zero-order valence-electron chi connectivity index (χ0n) is 15.7. The second kappa shape index (κ2) is 9.20. The van der Waals surface area contributed by atoms with Crippen molar-refractivity contribution in [3.8, 4) is 11.5 Å². The summed E-state index contributed by atoms with van der Waals surface area (Å²) < 4.78 is 15.5. The fourth-order valence-electron chi connectivity index (χ4n) is 3.05. The number of piperidine rings is 1. The number of nitro benzene ring substituents is 1. The van der Waals surface area contributed by atoms with E-state index in [-0.39, 0.29) is 35.6 Å². The average molecular weight is 380 g/mol. The first kappa shape index (κ1) is 20.5. The largest absolute Gasteiger partial charge is 0.493 e. The van der Waals surface area contributed by atoms with Crippen LogP contribution in [0.15, 0.2) is 12.1 Å². The van der Waals surface area contributed by atoms with Gasteiger partial charge in [-0.15, -0.1) is 0 Å². The molecule has 0 saturated carbocycles. The fraction of sp³-hybridized carbons (Fsp3) is 0.556. The molecule has 1 saturated heterocycles. The van der Waals surface area contributed by atoms with Crippen LogP contribution in [0, 0.1) is 10.1 Å². The van der Waals surface area contributed by atoms with Gasteiger partial charge in [0.15, 0.2) is 18.1 Å². The summed E-state index contributed by atoms with van der Waals surface area (Å²) in [5.74, 6) is -0.941. The van der Waals surface area contributed by atoms with Crippen molar-refractivity contribution in [2.45, 2.75) is 39.2 Å². The number of rotatable bonds is 7. The van der Waals surface area contributed by atoms with Gasteiger partial charge in [0.25, 0.3) is 11.6 Å². The monoisotopic (exact) mass is 380 g/mol. The number of nitrogens with zero attached hydrogens (tertiary/aromatic N) is 2. The van der Waals surface area contributed by atoms with Crippen LogP contribution in [0.1, 0.15) is 43.5 Å². The molecule has 1 aromatic carbocycles. The minimum atomic E-state index is -0.957. The molecule has 0 bridgehead atoms. The van der Waals surface area contributed by atoms with Crippen LogP contribution in [0.4, 0.5) is 5.69 Å². The van der Waals surface area contributed by atoms with Crippen molar-refractivity contribution in [2.75, 3.05) is 26.9 Å². The van der Waals surface area contributed by atoms with E-state index >= 15 is 0 Å². The third kappa shape index (κ3) is 4.87. The summed E-state index contributed by atoms with van der Waals surface area (Å²) in [4.78, 5) is 37.0. The van der Waals surface area contributed by atoms with Gasteiger partial charge >= 0.3 is 5.97 Å². The molecule has 2 rings (SSSR count). The van der Waals surface area contributed by atoms with Gasteiger partial charge in [0, 0.05) is 18.7 Å². The van der Waals surface area contributed by atoms with Crippen LogP contribution in [-0.2, 0) is 9.53 Å². The van der Waals surface area contributed by atoms with Gasteiger partial charge in [-0.05, 0) is 33.1 Å². The Labute approximate surface area is 157 Å². The lowest BCUT2D eigenvalue weighted by atomic mass is 10.0. The normalized spacial score (nSPS) is 16.6. The van der Waals surface area contributed by atoms with Gasteiger partial charge in [-0.1, -0.05) is 0 Å². The van der Waals surface area contributed by atoms with E-state index in [2.05, 4.69) is 0 Å². The van der Waals surface area contributed by atoms with Gasteiger partial charge in [0.05, 0.1) is 24.7 Å². The fourth-order valence-corrected chi connectivity index (χ4v) is 3.05. The number of amides is 1. The van der Waals surface area contributed by atoms with Crippen molar-refractivity contribution in [3.63, 3.8) is 0 Å². The van der Waals surface area contributed by atoms with E-state index in [1.807, 2.05) is 6.92 Å². The highest BCUT2D eigenvalue weighted by Crippen LogP contribution is 2.35. The Morgan fingerprint density at radius 1 is 1.30 bits per heavy atom. The third-order valence-corrected chi connectivity index (χ3v) is 4.45. The van der Waals surface area contributed by atoms with Crippen molar-refractivity contribution >= 4 is 17.6 Å². The first-order valence-electron chi connectivity index (χ1n) is 8.84. The minimum absolute atomic E-state index is 0.0878. The number of hydrogen-bond donors (Lipinski definition) is 0. The van der Waals surface area contributed by atoms with Gasteiger partial charge in [-0.25, -0.2) is 4.79 Å². The molecule has 1 heterocycles. The van der Waals surface area contributed by atoms with Crippen molar-refractivity contribution in [2.24, 2.45) is 0 Å². The molecular formula is C18H24N2O7. The number of hydrogen-bond acceptors (Lipinski definition) is 7. The summed E-state index contributed by atoms with van der Waals surface area (Å²) in [5.41, 5.74) is -0.761. The Balaban J connectivity index is 2.16. The first-order chi connectivity index (χ1) is 12.9. The van der Waals surface area contributed by atoms with Crippen LogP contribution in [0.25, 0.3) is 0 Å². The maximum absolute atomic E-state index is 12.4. The van der Waals surface area contributed by atoms with Crippen LogP contribution in [-0.4, -0.2) is 54.6 Å². The van der Waals surface area contributed by atoms with Crippen LogP contribution < -0.4 is 9.47 Å². The Kier molecular flexibility index (Phi) is 6.98. The first-order valence-corrected chi connectivity index (χ1v) is 8.84. The van der Waals surface area contributed by atoms with Gasteiger partial charge in [-0.3, -0.25) is 14.9 Å². The molecule has 1 unspecified atom stereocenters. The second-order valence-corrected chi connectivity index (χ2v) is 6.22. The van der Waals surface area contributed by atoms with Crippen molar-refractivity contribution in [3.05, 3.63) is 27.8 Å². The molecule has 9 heteroatoms. The quantitative estimate of drug-likeness (QED) is 0.406. The topological polar surface area (TPSA) is 108 Å². The molecule has 1 aliphatic rings. The number of methoxy groups -OCH3 is 1. The number of ether oxygens (including phenoxy) is 3. The molecule has 1 atom stereocenters. The molecule has 0 aliphatic carbocycles. The highest BCUT2D eigenvalue weighted by atomic mass is 16.6. The summed E-state index contributed by atoms with van der Waals surface area (Å²) in [6, 6.07) is 2.40. The van der Waals surface area contributed by atoms with Gasteiger partial charge in [-0.2, -0.15) is 0 Å². The summed E-state index contributed by atoms with van der Waals surface area (Å²) in [6.07, 6.45) is 2.87. The Morgan fingerprint density at radius 3 is 2.63 bits per heavy atom. The summed E-state index contributed by atoms with van der Waals surface area (Å²) in [5, 5.41) is 11.3. The van der Waals surface area contributed by atoms with Crippen molar-refractivity contribution < 1.29 is 28.7 Å². The lowest BCUT2D eigenvalue weighted by molar-refractivity contribution is -0.385. The number of benzene rings is 1. The van der Waals surface area contributed by atoms with Crippen LogP contribution in [0.3, 0.4) is 0 Å². The smallest absolute Gasteiger partial charge is 0.345 e. The van der Waals surface area contributed by atoms with Crippen molar-refractivity contribution in [1.82, 2.24) is 4.90 Å². The molecular weight excluding hydrogens is 356 g/mol. The summed E-state index contributed by atoms with van der Waals surface area (Å²) in [7, 11) is 1.36. The molecule has 9 nitrogen and oxygen atoms in total. The number of carbonyl (C=O) groups excluding carboxylic acids is 2. The van der Waals surface area contributed by atoms with Gasteiger partial charge < -0.3 is 19.1 Å². The maximum Gasteiger partial charge on any atom is 0.345 e.